The average molecular weight is 455 g/mol. The molecule has 168 valence electrons. The van der Waals surface area contributed by atoms with E-state index in [1.165, 1.54) is 24.8 Å². The van der Waals surface area contributed by atoms with Gasteiger partial charge in [0.15, 0.2) is 0 Å². The van der Waals surface area contributed by atoms with Crippen LogP contribution < -0.4 is 0 Å². The fraction of sp³-hybridized carbons (Fsp3) is 0.333. The number of esters is 1. The Bertz CT molecular complexity index is 966. The fourth-order valence-electron chi connectivity index (χ4n) is 3.56. The molecule has 1 aliphatic rings. The summed E-state index contributed by atoms with van der Waals surface area (Å²) in [6.45, 7) is 5.59. The molecule has 0 aliphatic carbocycles. The Balaban J connectivity index is 1.70. The highest BCUT2D eigenvalue weighted by Gasteiger charge is 2.37. The van der Waals surface area contributed by atoms with Crippen molar-refractivity contribution in [3.05, 3.63) is 78.1 Å². The highest BCUT2D eigenvalue weighted by Crippen LogP contribution is 2.32. The van der Waals surface area contributed by atoms with Gasteiger partial charge in [-0.25, -0.2) is 4.79 Å². The maximum Gasteiger partial charge on any atom is 0.410 e. The number of aromatic nitrogens is 1. The van der Waals surface area contributed by atoms with Crippen LogP contribution in [0.5, 0.6) is 0 Å². The molecule has 8 heteroatoms. The molecule has 1 aliphatic heterocycles. The lowest BCUT2D eigenvalue weighted by atomic mass is 10.0. The van der Waals surface area contributed by atoms with Crippen LogP contribution in [0, 0.1) is 0 Å². The summed E-state index contributed by atoms with van der Waals surface area (Å²) in [7, 11) is 0. The van der Waals surface area contributed by atoms with Gasteiger partial charge in [0, 0.05) is 36.5 Å². The Hall–Kier alpha value is -3.13. The second-order valence-corrected chi connectivity index (χ2v) is 8.71. The number of benzene rings is 1. The van der Waals surface area contributed by atoms with E-state index in [4.69, 9.17) is 9.47 Å². The van der Waals surface area contributed by atoms with E-state index in [1.54, 1.807) is 23.2 Å². The number of carbonyl (C=O) groups excluding carboxylic acids is 3. The maximum atomic E-state index is 12.7. The zero-order valence-corrected chi connectivity index (χ0v) is 18.8. The van der Waals surface area contributed by atoms with E-state index in [-0.39, 0.29) is 35.6 Å². The molecule has 0 saturated carbocycles. The van der Waals surface area contributed by atoms with Crippen LogP contribution in [-0.2, 0) is 27.3 Å². The van der Waals surface area contributed by atoms with Crippen LogP contribution in [0.3, 0.4) is 0 Å². The van der Waals surface area contributed by atoms with Gasteiger partial charge in [0.2, 0.25) is 5.12 Å². The molecule has 2 unspecified atom stereocenters. The monoisotopic (exact) mass is 454 g/mol. The summed E-state index contributed by atoms with van der Waals surface area (Å²) in [6, 6.07) is 12.7. The Kier molecular flexibility index (Phi) is 8.44. The van der Waals surface area contributed by atoms with E-state index in [9.17, 15) is 14.4 Å². The number of carbonyl (C=O) groups is 3. The number of nitrogens with zero attached hydrogens (tertiary/aromatic N) is 2. The van der Waals surface area contributed by atoms with Crippen LogP contribution in [0.2, 0.25) is 0 Å². The lowest BCUT2D eigenvalue weighted by Crippen LogP contribution is -2.37. The topological polar surface area (TPSA) is 85.8 Å². The van der Waals surface area contributed by atoms with Crippen molar-refractivity contribution in [2.24, 2.45) is 0 Å². The van der Waals surface area contributed by atoms with E-state index in [1.807, 2.05) is 30.3 Å². The van der Waals surface area contributed by atoms with Crippen LogP contribution >= 0.6 is 11.8 Å². The van der Waals surface area contributed by atoms with Crippen molar-refractivity contribution in [3.63, 3.8) is 0 Å². The van der Waals surface area contributed by atoms with Crippen LogP contribution in [0.4, 0.5) is 4.79 Å². The lowest BCUT2D eigenvalue weighted by molar-refractivity contribution is -0.142. The molecule has 2 aromatic rings. The first-order chi connectivity index (χ1) is 15.5. The van der Waals surface area contributed by atoms with Crippen molar-refractivity contribution in [2.45, 2.75) is 37.7 Å². The van der Waals surface area contributed by atoms with Gasteiger partial charge < -0.3 is 14.4 Å². The Labute approximate surface area is 191 Å². The molecule has 1 aromatic heterocycles. The van der Waals surface area contributed by atoms with E-state index in [0.29, 0.717) is 30.6 Å². The molecule has 2 atom stereocenters. The van der Waals surface area contributed by atoms with E-state index >= 15 is 0 Å². The zero-order chi connectivity index (χ0) is 22.9. The van der Waals surface area contributed by atoms with Crippen molar-refractivity contribution in [2.75, 3.05) is 13.2 Å². The minimum absolute atomic E-state index is 0.0109. The molecule has 1 amide bonds. The fourth-order valence-corrected chi connectivity index (χ4v) is 4.69. The first-order valence-corrected chi connectivity index (χ1v) is 11.2. The van der Waals surface area contributed by atoms with Gasteiger partial charge in [-0.1, -0.05) is 54.7 Å². The first-order valence-electron chi connectivity index (χ1n) is 10.3. The van der Waals surface area contributed by atoms with Crippen LogP contribution in [-0.4, -0.2) is 51.5 Å². The van der Waals surface area contributed by atoms with E-state index in [2.05, 4.69) is 11.6 Å². The van der Waals surface area contributed by atoms with Crippen molar-refractivity contribution in [3.8, 4) is 0 Å². The van der Waals surface area contributed by atoms with Crippen molar-refractivity contribution in [1.82, 2.24) is 9.88 Å². The van der Waals surface area contributed by atoms with Gasteiger partial charge in [0.05, 0.1) is 5.69 Å². The summed E-state index contributed by atoms with van der Waals surface area (Å²) in [5.74, 6) is -0.368. The SMILES string of the molecule is C=CCOC(=O)N1CC(SC(=O)c2ccccc2)CC1Cc1ccnc(COC(C)=O)c1. The number of amides is 1. The Morgan fingerprint density at radius 1 is 1.22 bits per heavy atom. The molecule has 1 aromatic carbocycles. The molecule has 0 spiro atoms. The van der Waals surface area contributed by atoms with Gasteiger partial charge in [-0.2, -0.15) is 0 Å². The Morgan fingerprint density at radius 2 is 2.00 bits per heavy atom. The molecule has 3 rings (SSSR count). The van der Waals surface area contributed by atoms with E-state index in [0.717, 1.165) is 5.56 Å². The van der Waals surface area contributed by atoms with Crippen molar-refractivity contribution in [1.29, 1.82) is 0 Å². The molecule has 32 heavy (non-hydrogen) atoms. The summed E-state index contributed by atoms with van der Waals surface area (Å²) >= 11 is 1.26. The number of rotatable bonds is 8. The molecule has 2 heterocycles. The summed E-state index contributed by atoms with van der Waals surface area (Å²) in [4.78, 5) is 42.3. The van der Waals surface area contributed by atoms with Gasteiger partial charge in [0.25, 0.3) is 0 Å². The third-order valence-corrected chi connectivity index (χ3v) is 6.12. The van der Waals surface area contributed by atoms with Crippen molar-refractivity contribution >= 4 is 28.9 Å². The second kappa shape index (κ2) is 11.5. The molecule has 7 nitrogen and oxygen atoms in total. The van der Waals surface area contributed by atoms with E-state index < -0.39 is 6.09 Å². The smallest absolute Gasteiger partial charge is 0.410 e. The number of pyridine rings is 1. The molecule has 1 fully saturated rings. The predicted molar refractivity (Wildman–Crippen MR) is 122 cm³/mol. The van der Waals surface area contributed by atoms with Gasteiger partial charge in [-0.05, 0) is 30.5 Å². The quantitative estimate of drug-likeness (QED) is 0.440. The number of thioether (sulfide) groups is 1. The van der Waals surface area contributed by atoms with Gasteiger partial charge in [-0.15, -0.1) is 0 Å². The standard InChI is InChI=1S/C24H26N2O5S/c1-3-11-30-24(29)26-15-22(32-23(28)19-7-5-4-6-8-19)14-21(26)13-18-9-10-25-20(12-18)16-31-17(2)27/h3-10,12,21-22H,1,11,13-16H2,2H3. The van der Waals surface area contributed by atoms with Crippen molar-refractivity contribution < 1.29 is 23.9 Å². The molecule has 0 radical (unpaired) electrons. The third kappa shape index (κ3) is 6.68. The summed E-state index contributed by atoms with van der Waals surface area (Å²) in [6.07, 6.45) is 4.01. The third-order valence-electron chi connectivity index (χ3n) is 4.99. The Morgan fingerprint density at radius 3 is 2.72 bits per heavy atom. The van der Waals surface area contributed by atoms with Crippen LogP contribution in [0.25, 0.3) is 0 Å². The lowest BCUT2D eigenvalue weighted by Gasteiger charge is -2.23. The molecule has 1 saturated heterocycles. The largest absolute Gasteiger partial charge is 0.459 e. The minimum Gasteiger partial charge on any atom is -0.459 e. The predicted octanol–water partition coefficient (Wildman–Crippen LogP) is 4.03. The van der Waals surface area contributed by atoms with Gasteiger partial charge >= 0.3 is 12.1 Å². The summed E-state index contributed by atoms with van der Waals surface area (Å²) in [5.41, 5.74) is 2.25. The first kappa shape index (κ1) is 23.5. The summed E-state index contributed by atoms with van der Waals surface area (Å²) in [5, 5.41) is -0.0467. The van der Waals surface area contributed by atoms with Gasteiger partial charge in [-0.3, -0.25) is 14.6 Å². The number of likely N-dealkylation sites (tertiary alicyclic amines) is 1. The second-order valence-electron chi connectivity index (χ2n) is 7.44. The molecule has 0 bridgehead atoms. The number of ether oxygens (including phenoxy) is 2. The maximum absolute atomic E-state index is 12.7. The minimum atomic E-state index is -0.417. The summed E-state index contributed by atoms with van der Waals surface area (Å²) < 4.78 is 10.3. The molecular formula is C24H26N2O5S. The highest BCUT2D eigenvalue weighted by molar-refractivity contribution is 8.14. The normalized spacial score (nSPS) is 17.6. The number of hydrogen-bond donors (Lipinski definition) is 0. The van der Waals surface area contributed by atoms with Crippen LogP contribution in [0.1, 0.15) is 35.0 Å². The average Bonchev–Trinajstić information content (AvgIpc) is 3.18. The molecule has 0 N–H and O–H groups in total. The number of hydrogen-bond acceptors (Lipinski definition) is 7. The van der Waals surface area contributed by atoms with Gasteiger partial charge in [0.1, 0.15) is 13.2 Å². The van der Waals surface area contributed by atoms with Crippen LogP contribution in [0.15, 0.2) is 61.3 Å². The zero-order valence-electron chi connectivity index (χ0n) is 17.9. The molecular weight excluding hydrogens is 428 g/mol. The highest BCUT2D eigenvalue weighted by atomic mass is 32.2.